The molecule has 0 saturated carbocycles. The molecule has 0 aromatic heterocycles. The second-order valence-corrected chi connectivity index (χ2v) is 13.3. The number of amides is 2. The lowest BCUT2D eigenvalue weighted by Gasteiger charge is -2.29. The fourth-order valence-electron chi connectivity index (χ4n) is 6.23. The molecule has 5 aromatic carbocycles. The third-order valence-electron chi connectivity index (χ3n) is 8.78. The Labute approximate surface area is 272 Å². The normalized spacial score (nSPS) is 17.3. The van der Waals surface area contributed by atoms with E-state index in [0.717, 1.165) is 11.1 Å². The number of anilines is 1. The summed E-state index contributed by atoms with van der Waals surface area (Å²) in [7, 11) is -2.69. The molecule has 0 bridgehead atoms. The molecule has 1 fully saturated rings. The molecule has 4 N–H and O–H groups in total. The molecule has 0 spiro atoms. The van der Waals surface area contributed by atoms with Crippen LogP contribution in [-0.4, -0.2) is 44.0 Å². The molecule has 5 aromatic rings. The molecule has 1 heterocycles. The molecule has 0 aliphatic carbocycles. The maximum atomic E-state index is 13.9. The number of aliphatic hydroxyl groups is 1. The number of rotatable bonds is 9. The minimum Gasteiger partial charge on any atom is -0.508 e. The Balaban J connectivity index is 1.35. The van der Waals surface area contributed by atoms with Crippen molar-refractivity contribution in [1.29, 1.82) is 0 Å². The second kappa shape index (κ2) is 13.1. The van der Waals surface area contributed by atoms with Gasteiger partial charge in [0.2, 0.25) is 0 Å². The van der Waals surface area contributed by atoms with E-state index in [1.807, 2.05) is 54.6 Å². The number of urea groups is 1. The van der Waals surface area contributed by atoms with Gasteiger partial charge in [-0.1, -0.05) is 78.9 Å². The number of phenols is 1. The molecular formula is C37H34FN2O6P. The molecule has 0 unspecified atom stereocenters. The van der Waals surface area contributed by atoms with Crippen molar-refractivity contribution in [1.82, 2.24) is 4.90 Å². The molecule has 240 valence electrons. The largest absolute Gasteiger partial charge is 0.508 e. The molecule has 6 rings (SSSR count). The lowest BCUT2D eigenvalue weighted by atomic mass is 9.91. The van der Waals surface area contributed by atoms with Crippen molar-refractivity contribution < 1.29 is 33.7 Å². The average molecular weight is 653 g/mol. The minimum atomic E-state index is -4.40. The van der Waals surface area contributed by atoms with Crippen molar-refractivity contribution in [3.8, 4) is 28.0 Å². The summed E-state index contributed by atoms with van der Waals surface area (Å²) in [4.78, 5) is 36.1. The third kappa shape index (κ3) is 6.70. The van der Waals surface area contributed by atoms with E-state index in [9.17, 15) is 33.7 Å². The summed E-state index contributed by atoms with van der Waals surface area (Å²) in [5, 5.41) is 22.3. The maximum Gasteiger partial charge on any atom is 0.356 e. The Hall–Kier alpha value is -4.79. The molecule has 0 radical (unpaired) electrons. The molecule has 1 aliphatic rings. The summed E-state index contributed by atoms with van der Waals surface area (Å²) in [5.74, 6) is -0.447. The number of likely N-dealkylation sites (N-methyl/N-ethyl adjacent to an activating group) is 1. The quantitative estimate of drug-likeness (QED) is 0.125. The Morgan fingerprint density at radius 2 is 1.36 bits per heavy atom. The summed E-state index contributed by atoms with van der Waals surface area (Å²) < 4.78 is 25.1. The lowest BCUT2D eigenvalue weighted by Crippen LogP contribution is -2.31. The standard InChI is InChI=1S/C37H34FN2O6P/c1-39-33(21-22-34(41)27-7-14-29(38)15-8-27)36(40(37(39)43)30-16-9-25(10-17-30)24-5-3-2-4-6-24)32-20-13-28(23-35(32)42)26-11-18-31(19-12-26)47(44,45)46/h2-20,23,33-34,36,41-42H,21-22H2,1H3,(H2,44,45,46)/t33-,34-,36+/m0/s1. The van der Waals surface area contributed by atoms with Gasteiger partial charge in [-0.15, -0.1) is 0 Å². The highest BCUT2D eigenvalue weighted by Gasteiger charge is 2.46. The minimum absolute atomic E-state index is 0.0512. The second-order valence-electron chi connectivity index (χ2n) is 11.7. The van der Waals surface area contributed by atoms with Crippen LogP contribution < -0.4 is 10.2 Å². The van der Waals surface area contributed by atoms with Gasteiger partial charge in [-0.3, -0.25) is 9.46 Å². The highest BCUT2D eigenvalue weighted by molar-refractivity contribution is 7.60. The van der Waals surface area contributed by atoms with Crippen LogP contribution in [0.3, 0.4) is 0 Å². The molecular weight excluding hydrogens is 618 g/mol. The van der Waals surface area contributed by atoms with Crippen LogP contribution in [0.5, 0.6) is 5.75 Å². The third-order valence-corrected chi connectivity index (χ3v) is 9.75. The molecule has 3 atom stereocenters. The predicted molar refractivity (Wildman–Crippen MR) is 180 cm³/mol. The van der Waals surface area contributed by atoms with Crippen LogP contribution in [0, 0.1) is 5.82 Å². The summed E-state index contributed by atoms with van der Waals surface area (Å²) >= 11 is 0. The van der Waals surface area contributed by atoms with Crippen LogP contribution >= 0.6 is 7.60 Å². The fraction of sp³-hybridized carbons (Fsp3) is 0.162. The van der Waals surface area contributed by atoms with Crippen LogP contribution in [-0.2, 0) is 4.57 Å². The number of benzene rings is 5. The van der Waals surface area contributed by atoms with Crippen molar-refractivity contribution in [3.63, 3.8) is 0 Å². The van der Waals surface area contributed by atoms with Crippen LogP contribution in [0.1, 0.15) is 36.1 Å². The van der Waals surface area contributed by atoms with E-state index >= 15 is 0 Å². The van der Waals surface area contributed by atoms with Gasteiger partial charge in [0.15, 0.2) is 0 Å². The van der Waals surface area contributed by atoms with Crippen LogP contribution in [0.25, 0.3) is 22.3 Å². The van der Waals surface area contributed by atoms with E-state index in [0.29, 0.717) is 34.4 Å². The number of aliphatic hydroxyl groups excluding tert-OH is 1. The highest BCUT2D eigenvalue weighted by atomic mass is 31.2. The van der Waals surface area contributed by atoms with Gasteiger partial charge in [-0.05, 0) is 83.1 Å². The summed E-state index contributed by atoms with van der Waals surface area (Å²) in [5.41, 5.74) is 5.02. The Morgan fingerprint density at radius 3 is 1.98 bits per heavy atom. The van der Waals surface area contributed by atoms with E-state index < -0.39 is 31.6 Å². The number of carbonyl (C=O) groups is 1. The molecule has 8 nitrogen and oxygen atoms in total. The van der Waals surface area contributed by atoms with Gasteiger partial charge in [-0.25, -0.2) is 9.18 Å². The Morgan fingerprint density at radius 1 is 0.787 bits per heavy atom. The maximum absolute atomic E-state index is 13.9. The first-order chi connectivity index (χ1) is 22.5. The molecule has 10 heteroatoms. The van der Waals surface area contributed by atoms with E-state index in [-0.39, 0.29) is 23.5 Å². The number of hydrogen-bond acceptors (Lipinski definition) is 4. The van der Waals surface area contributed by atoms with Crippen molar-refractivity contribution in [2.24, 2.45) is 0 Å². The van der Waals surface area contributed by atoms with Gasteiger partial charge < -0.3 is 24.9 Å². The van der Waals surface area contributed by atoms with Crippen LogP contribution in [0.15, 0.2) is 121 Å². The van der Waals surface area contributed by atoms with Gasteiger partial charge in [0.05, 0.1) is 23.5 Å². The Bertz CT molecular complexity index is 1910. The summed E-state index contributed by atoms with van der Waals surface area (Å²) in [6.45, 7) is 0. The Kier molecular flexibility index (Phi) is 8.99. The number of hydrogen-bond donors (Lipinski definition) is 4. The fourth-order valence-corrected chi connectivity index (χ4v) is 6.77. The van der Waals surface area contributed by atoms with Crippen molar-refractivity contribution in [3.05, 3.63) is 138 Å². The van der Waals surface area contributed by atoms with E-state index in [4.69, 9.17) is 0 Å². The SMILES string of the molecule is CN1C(=O)N(c2ccc(-c3ccccc3)cc2)[C@H](c2ccc(-c3ccc(P(=O)(O)O)cc3)cc2O)[C@@H]1CC[C@H](O)c1ccc(F)cc1. The topological polar surface area (TPSA) is 122 Å². The first kappa shape index (κ1) is 32.2. The molecule has 47 heavy (non-hydrogen) atoms. The summed E-state index contributed by atoms with van der Waals surface area (Å²) in [6, 6.07) is 32.9. The van der Waals surface area contributed by atoms with Gasteiger partial charge in [0.25, 0.3) is 0 Å². The van der Waals surface area contributed by atoms with E-state index in [1.54, 1.807) is 59.3 Å². The van der Waals surface area contributed by atoms with E-state index in [1.165, 1.54) is 24.3 Å². The average Bonchev–Trinajstić information content (AvgIpc) is 3.32. The predicted octanol–water partition coefficient (Wildman–Crippen LogP) is 7.16. The highest BCUT2D eigenvalue weighted by Crippen LogP contribution is 2.45. The zero-order valence-electron chi connectivity index (χ0n) is 25.5. The van der Waals surface area contributed by atoms with Crippen LogP contribution in [0.4, 0.5) is 14.9 Å². The van der Waals surface area contributed by atoms with Crippen molar-refractivity contribution in [2.75, 3.05) is 11.9 Å². The summed E-state index contributed by atoms with van der Waals surface area (Å²) in [6.07, 6.45) is -0.212. The first-order valence-corrected chi connectivity index (χ1v) is 16.8. The molecule has 1 aliphatic heterocycles. The van der Waals surface area contributed by atoms with E-state index in [2.05, 4.69) is 0 Å². The van der Waals surface area contributed by atoms with Gasteiger partial charge in [-0.2, -0.15) is 0 Å². The van der Waals surface area contributed by atoms with Gasteiger partial charge >= 0.3 is 13.6 Å². The van der Waals surface area contributed by atoms with Crippen molar-refractivity contribution >= 4 is 24.6 Å². The van der Waals surface area contributed by atoms with Crippen LogP contribution in [0.2, 0.25) is 0 Å². The number of nitrogens with zero attached hydrogens (tertiary/aromatic N) is 2. The number of aromatic hydroxyl groups is 1. The first-order valence-electron chi connectivity index (χ1n) is 15.2. The smallest absolute Gasteiger partial charge is 0.356 e. The number of halogens is 1. The van der Waals surface area contributed by atoms with Crippen molar-refractivity contribution in [2.45, 2.75) is 31.0 Å². The monoisotopic (exact) mass is 652 g/mol. The zero-order valence-corrected chi connectivity index (χ0v) is 26.4. The molecule has 2 amide bonds. The molecule has 1 saturated heterocycles. The number of carbonyl (C=O) groups excluding carboxylic acids is 1. The zero-order chi connectivity index (χ0) is 33.3. The van der Waals surface area contributed by atoms with Gasteiger partial charge in [0, 0.05) is 18.3 Å². The lowest BCUT2D eigenvalue weighted by molar-refractivity contribution is 0.148. The number of phenolic OH excluding ortho intramolecular Hbond substituents is 1. The van der Waals surface area contributed by atoms with Gasteiger partial charge in [0.1, 0.15) is 11.6 Å².